The number of nitrogens with zero attached hydrogens (tertiary/aromatic N) is 2. The number of aromatic nitrogens is 1. The smallest absolute Gasteiger partial charge is 0.328 e. The maximum atomic E-state index is 9.55. The first kappa shape index (κ1) is 23.1. The van der Waals surface area contributed by atoms with Crippen LogP contribution >= 0.6 is 11.8 Å². The molecule has 2 heterocycles. The number of morpholine rings is 1. The Bertz CT molecular complexity index is 892. The molecule has 1 saturated heterocycles. The third-order valence-corrected chi connectivity index (χ3v) is 5.30. The zero-order chi connectivity index (χ0) is 21.8. The number of thioether (sulfide) groups is 1. The van der Waals surface area contributed by atoms with E-state index in [9.17, 15) is 14.9 Å². The van der Waals surface area contributed by atoms with Crippen LogP contribution in [0.2, 0.25) is 0 Å². The Balaban J connectivity index is 0.000000343. The van der Waals surface area contributed by atoms with Crippen molar-refractivity contribution in [2.45, 2.75) is 16.4 Å². The lowest BCUT2D eigenvalue weighted by Crippen LogP contribution is -2.41. The van der Waals surface area contributed by atoms with Crippen molar-refractivity contribution < 1.29 is 24.5 Å². The summed E-state index contributed by atoms with van der Waals surface area (Å²) in [6.45, 7) is 2.40. The Morgan fingerprint density at radius 2 is 1.90 bits per heavy atom. The lowest BCUT2D eigenvalue weighted by atomic mass is 10.1. The van der Waals surface area contributed by atoms with Crippen molar-refractivity contribution in [1.82, 2.24) is 10.3 Å². The fraction of sp³-hybridized carbons (Fsp3) is 0.238. The van der Waals surface area contributed by atoms with Crippen LogP contribution in [0.15, 0.2) is 65.8 Å². The normalized spacial score (nSPS) is 16.7. The molecule has 1 aliphatic heterocycles. The second kappa shape index (κ2) is 12.4. The zero-order valence-corrected chi connectivity index (χ0v) is 16.8. The number of hydrogen-bond donors (Lipinski definition) is 3. The van der Waals surface area contributed by atoms with Gasteiger partial charge < -0.3 is 20.3 Å². The number of nitriles is 1. The van der Waals surface area contributed by atoms with Crippen molar-refractivity contribution >= 4 is 23.7 Å². The molecule has 3 rings (SSSR count). The molecule has 8 nitrogen and oxygen atoms in total. The van der Waals surface area contributed by atoms with Gasteiger partial charge in [0.2, 0.25) is 0 Å². The summed E-state index contributed by atoms with van der Waals surface area (Å²) in [7, 11) is 0. The van der Waals surface area contributed by atoms with Crippen molar-refractivity contribution in [1.29, 1.82) is 5.26 Å². The second-order valence-electron chi connectivity index (χ2n) is 6.04. The lowest BCUT2D eigenvalue weighted by molar-refractivity contribution is -0.134. The fourth-order valence-electron chi connectivity index (χ4n) is 2.61. The number of carbonyl (C=O) groups is 2. The Morgan fingerprint density at radius 3 is 2.47 bits per heavy atom. The van der Waals surface area contributed by atoms with Crippen LogP contribution in [0.4, 0.5) is 0 Å². The van der Waals surface area contributed by atoms with E-state index >= 15 is 0 Å². The van der Waals surface area contributed by atoms with Gasteiger partial charge in [-0.1, -0.05) is 42.1 Å². The molecule has 2 aromatic rings. The fourth-order valence-corrected chi connectivity index (χ4v) is 3.84. The van der Waals surface area contributed by atoms with Crippen LogP contribution in [-0.2, 0) is 14.3 Å². The van der Waals surface area contributed by atoms with Crippen LogP contribution in [0, 0.1) is 11.3 Å². The highest BCUT2D eigenvalue weighted by Gasteiger charge is 2.28. The van der Waals surface area contributed by atoms with Crippen molar-refractivity contribution in [2.75, 3.05) is 19.7 Å². The van der Waals surface area contributed by atoms with Gasteiger partial charge >= 0.3 is 11.9 Å². The summed E-state index contributed by atoms with van der Waals surface area (Å²) in [5.41, 5.74) is 1.80. The number of hydrogen-bond acceptors (Lipinski definition) is 7. The third kappa shape index (κ3) is 7.67. The van der Waals surface area contributed by atoms with Crippen molar-refractivity contribution in [2.24, 2.45) is 0 Å². The average Bonchev–Trinajstić information content (AvgIpc) is 2.78. The lowest BCUT2D eigenvalue weighted by Gasteiger charge is -2.30. The maximum Gasteiger partial charge on any atom is 0.328 e. The minimum Gasteiger partial charge on any atom is -0.478 e. The van der Waals surface area contributed by atoms with Crippen LogP contribution in [0.5, 0.6) is 0 Å². The summed E-state index contributed by atoms with van der Waals surface area (Å²) in [5.74, 6) is -2.51. The summed E-state index contributed by atoms with van der Waals surface area (Å²) in [4.78, 5) is 23.5. The summed E-state index contributed by atoms with van der Waals surface area (Å²) >= 11 is 1.60. The van der Waals surface area contributed by atoms with E-state index in [2.05, 4.69) is 28.5 Å². The van der Waals surface area contributed by atoms with Crippen LogP contribution in [-0.4, -0.2) is 52.9 Å². The molecule has 156 valence electrons. The molecule has 3 N–H and O–H groups in total. The quantitative estimate of drug-likeness (QED) is 0.470. The predicted molar refractivity (Wildman–Crippen MR) is 111 cm³/mol. The van der Waals surface area contributed by atoms with Crippen LogP contribution in [0.1, 0.15) is 16.4 Å². The number of rotatable bonds is 6. The number of nitrogens with one attached hydrogen (secondary N) is 1. The van der Waals surface area contributed by atoms with Gasteiger partial charge in [0.15, 0.2) is 0 Å². The van der Waals surface area contributed by atoms with E-state index in [1.54, 1.807) is 30.1 Å². The molecule has 0 spiro atoms. The highest BCUT2D eigenvalue weighted by atomic mass is 32.2. The largest absolute Gasteiger partial charge is 0.478 e. The summed E-state index contributed by atoms with van der Waals surface area (Å²) in [6.07, 6.45) is 2.91. The maximum absolute atomic E-state index is 9.55. The Morgan fingerprint density at radius 1 is 1.20 bits per heavy atom. The molecule has 30 heavy (non-hydrogen) atoms. The van der Waals surface area contributed by atoms with Crippen molar-refractivity contribution in [3.8, 4) is 6.07 Å². The molecule has 2 atom stereocenters. The number of benzene rings is 1. The molecule has 1 aromatic carbocycles. The molecule has 0 amide bonds. The standard InChI is InChI=1S/C17H17N3OS.C4H4O4/c18-11-14-7-4-8-20-17(14)22-16(13-5-2-1-3-6-13)15-12-19-9-10-21-15;5-3(6)1-2-4(7)8/h1-8,15-16,19H,9-10,12H2;1-2H,(H,5,6)(H,7,8)/b;2-1+/t15-,16?;/m0./s1. The summed E-state index contributed by atoms with van der Waals surface area (Å²) in [6, 6.07) is 16.1. The van der Waals surface area contributed by atoms with Crippen LogP contribution in [0.25, 0.3) is 0 Å². The van der Waals surface area contributed by atoms with Gasteiger partial charge in [0.25, 0.3) is 0 Å². The summed E-state index contributed by atoms with van der Waals surface area (Å²) < 4.78 is 5.95. The molecule has 1 aliphatic rings. The monoisotopic (exact) mass is 427 g/mol. The van der Waals surface area contributed by atoms with Gasteiger partial charge in [0.1, 0.15) is 11.1 Å². The highest BCUT2D eigenvalue weighted by Crippen LogP contribution is 2.39. The molecular formula is C21H21N3O5S. The molecule has 0 saturated carbocycles. The zero-order valence-electron chi connectivity index (χ0n) is 16.0. The third-order valence-electron chi connectivity index (χ3n) is 3.92. The van der Waals surface area contributed by atoms with Gasteiger partial charge in [-0.15, -0.1) is 0 Å². The SMILES string of the molecule is N#Cc1cccnc1SC(c1ccccc1)[C@@H]1CNCCO1.O=C(O)/C=C/C(=O)O. The van der Waals surface area contributed by atoms with Gasteiger partial charge in [0, 0.05) is 31.4 Å². The molecule has 9 heteroatoms. The topological polar surface area (TPSA) is 133 Å². The van der Waals surface area contributed by atoms with E-state index in [0.29, 0.717) is 24.3 Å². The first-order valence-corrected chi connectivity index (χ1v) is 9.92. The van der Waals surface area contributed by atoms with E-state index in [1.807, 2.05) is 18.2 Å². The van der Waals surface area contributed by atoms with E-state index < -0.39 is 11.9 Å². The van der Waals surface area contributed by atoms with E-state index in [-0.39, 0.29) is 11.4 Å². The second-order valence-corrected chi connectivity index (χ2v) is 7.17. The van der Waals surface area contributed by atoms with Crippen molar-refractivity contribution in [3.05, 3.63) is 71.9 Å². The first-order chi connectivity index (χ1) is 14.5. The average molecular weight is 427 g/mol. The van der Waals surface area contributed by atoms with E-state index in [4.69, 9.17) is 14.9 Å². The summed E-state index contributed by atoms with van der Waals surface area (Å²) in [5, 5.41) is 29.1. The van der Waals surface area contributed by atoms with E-state index in [0.717, 1.165) is 18.1 Å². The number of aliphatic carboxylic acids is 2. The molecule has 0 aliphatic carbocycles. The molecule has 1 unspecified atom stereocenters. The molecule has 0 bridgehead atoms. The molecule has 1 aromatic heterocycles. The Labute approximate surface area is 178 Å². The molecule has 1 fully saturated rings. The Kier molecular flexibility index (Phi) is 9.54. The highest BCUT2D eigenvalue weighted by molar-refractivity contribution is 7.99. The van der Waals surface area contributed by atoms with Gasteiger partial charge in [-0.3, -0.25) is 0 Å². The number of carboxylic acids is 2. The minimum atomic E-state index is -1.26. The predicted octanol–water partition coefficient (Wildman–Crippen LogP) is 2.49. The number of ether oxygens (including phenoxy) is 1. The van der Waals surface area contributed by atoms with Gasteiger partial charge in [-0.05, 0) is 17.7 Å². The first-order valence-electron chi connectivity index (χ1n) is 9.04. The van der Waals surface area contributed by atoms with Gasteiger partial charge in [-0.2, -0.15) is 5.26 Å². The Hall–Kier alpha value is -3.19. The number of pyridine rings is 1. The van der Waals surface area contributed by atoms with Gasteiger partial charge in [0.05, 0.1) is 23.5 Å². The van der Waals surface area contributed by atoms with Gasteiger partial charge in [-0.25, -0.2) is 14.6 Å². The van der Waals surface area contributed by atoms with Crippen LogP contribution in [0.3, 0.4) is 0 Å². The molecular weight excluding hydrogens is 406 g/mol. The van der Waals surface area contributed by atoms with Crippen molar-refractivity contribution in [3.63, 3.8) is 0 Å². The number of carboxylic acid groups (broad SMARTS) is 2. The minimum absolute atomic E-state index is 0.0645. The van der Waals surface area contributed by atoms with Crippen LogP contribution < -0.4 is 5.32 Å². The van der Waals surface area contributed by atoms with E-state index in [1.165, 1.54) is 5.56 Å². The molecule has 0 radical (unpaired) electrons.